The molecule has 3 heterocycles. The Labute approximate surface area is 178 Å². The molecule has 1 unspecified atom stereocenters. The Morgan fingerprint density at radius 3 is 2.80 bits per heavy atom. The second-order valence-electron chi connectivity index (χ2n) is 7.29. The maximum atomic E-state index is 12.6. The molecule has 1 amide bonds. The molecule has 9 heteroatoms. The van der Waals surface area contributed by atoms with Gasteiger partial charge in [0.1, 0.15) is 5.69 Å². The minimum Gasteiger partial charge on any atom is -0.490 e. The molecule has 3 aromatic rings. The summed E-state index contributed by atoms with van der Waals surface area (Å²) in [5, 5.41) is 11.4. The van der Waals surface area contributed by atoms with Gasteiger partial charge in [-0.05, 0) is 35.7 Å². The van der Waals surface area contributed by atoms with Crippen LogP contribution in [0.2, 0.25) is 0 Å². The van der Waals surface area contributed by atoms with Crippen LogP contribution in [0, 0.1) is 5.92 Å². The summed E-state index contributed by atoms with van der Waals surface area (Å²) in [7, 11) is 0. The lowest BCUT2D eigenvalue weighted by molar-refractivity contribution is -0.119. The first kappa shape index (κ1) is 20.3. The molecular weight excluding hydrogens is 404 g/mol. The number of ether oxygens (including phenoxy) is 2. The van der Waals surface area contributed by atoms with Gasteiger partial charge in [-0.25, -0.2) is 0 Å². The van der Waals surface area contributed by atoms with E-state index >= 15 is 0 Å². The van der Waals surface area contributed by atoms with Crippen LogP contribution in [0.4, 0.5) is 0 Å². The summed E-state index contributed by atoms with van der Waals surface area (Å²) in [6.07, 6.45) is 2.64. The Kier molecular flexibility index (Phi) is 6.27. The average Bonchev–Trinajstić information content (AvgIpc) is 3.38. The normalized spacial score (nSPS) is 14.4. The van der Waals surface area contributed by atoms with Crippen molar-refractivity contribution in [3.8, 4) is 23.1 Å². The molecule has 30 heavy (non-hydrogen) atoms. The Morgan fingerprint density at radius 2 is 2.03 bits per heavy atom. The summed E-state index contributed by atoms with van der Waals surface area (Å²) in [5.41, 5.74) is 1.73. The second kappa shape index (κ2) is 9.25. The van der Waals surface area contributed by atoms with Gasteiger partial charge in [-0.15, -0.1) is 10.2 Å². The highest BCUT2D eigenvalue weighted by molar-refractivity contribution is 7.99. The van der Waals surface area contributed by atoms with Crippen molar-refractivity contribution in [1.29, 1.82) is 0 Å². The SMILES string of the molecule is CC(C)C(NC(=O)CSc1nnc(-c2ccc[nH]2)o1)c1ccc2c(c1)OCCCO2. The summed E-state index contributed by atoms with van der Waals surface area (Å²) in [5.74, 6) is 2.14. The predicted molar refractivity (Wildman–Crippen MR) is 113 cm³/mol. The molecule has 1 aliphatic heterocycles. The second-order valence-corrected chi connectivity index (χ2v) is 8.22. The number of nitrogens with zero attached hydrogens (tertiary/aromatic N) is 2. The van der Waals surface area contributed by atoms with Gasteiger partial charge in [0, 0.05) is 12.6 Å². The first-order valence-electron chi connectivity index (χ1n) is 9.89. The summed E-state index contributed by atoms with van der Waals surface area (Å²) in [6, 6.07) is 9.40. The fraction of sp³-hybridized carbons (Fsp3) is 0.381. The van der Waals surface area contributed by atoms with Gasteiger partial charge in [0.15, 0.2) is 11.5 Å². The molecule has 0 bridgehead atoms. The van der Waals surface area contributed by atoms with Crippen molar-refractivity contribution in [3.05, 3.63) is 42.1 Å². The van der Waals surface area contributed by atoms with E-state index in [9.17, 15) is 4.79 Å². The highest BCUT2D eigenvalue weighted by atomic mass is 32.2. The molecule has 1 aromatic carbocycles. The number of hydrogen-bond donors (Lipinski definition) is 2. The van der Waals surface area contributed by atoms with E-state index in [1.807, 2.05) is 30.3 Å². The summed E-state index contributed by atoms with van der Waals surface area (Å²) in [6.45, 7) is 5.42. The lowest BCUT2D eigenvalue weighted by Crippen LogP contribution is -2.33. The number of fused-ring (bicyclic) bond motifs is 1. The number of aromatic nitrogens is 3. The van der Waals surface area contributed by atoms with E-state index in [0.717, 1.165) is 29.2 Å². The fourth-order valence-electron chi connectivity index (χ4n) is 3.19. The van der Waals surface area contributed by atoms with E-state index in [0.29, 0.717) is 24.3 Å². The molecule has 1 atom stereocenters. The molecule has 1 aliphatic rings. The number of aromatic amines is 1. The van der Waals surface area contributed by atoms with Crippen LogP contribution in [0.25, 0.3) is 11.6 Å². The van der Waals surface area contributed by atoms with Crippen LogP contribution in [0.1, 0.15) is 31.9 Å². The number of benzene rings is 1. The van der Waals surface area contributed by atoms with Gasteiger partial charge >= 0.3 is 0 Å². The van der Waals surface area contributed by atoms with Crippen molar-refractivity contribution in [3.63, 3.8) is 0 Å². The van der Waals surface area contributed by atoms with Crippen LogP contribution in [0.3, 0.4) is 0 Å². The van der Waals surface area contributed by atoms with Gasteiger partial charge in [0.05, 0.1) is 25.0 Å². The molecule has 0 saturated carbocycles. The largest absolute Gasteiger partial charge is 0.490 e. The van der Waals surface area contributed by atoms with Crippen molar-refractivity contribution < 1.29 is 18.7 Å². The molecule has 158 valence electrons. The monoisotopic (exact) mass is 428 g/mol. The molecule has 8 nitrogen and oxygen atoms in total. The molecule has 0 fully saturated rings. The maximum Gasteiger partial charge on any atom is 0.277 e. The Balaban J connectivity index is 1.38. The minimum absolute atomic E-state index is 0.106. The zero-order valence-corrected chi connectivity index (χ0v) is 17.7. The molecule has 2 aromatic heterocycles. The highest BCUT2D eigenvalue weighted by Gasteiger charge is 2.22. The van der Waals surface area contributed by atoms with E-state index in [4.69, 9.17) is 13.9 Å². The quantitative estimate of drug-likeness (QED) is 0.551. The highest BCUT2D eigenvalue weighted by Crippen LogP contribution is 2.34. The first-order chi connectivity index (χ1) is 14.6. The zero-order valence-electron chi connectivity index (χ0n) is 16.9. The number of carbonyl (C=O) groups is 1. The van der Waals surface area contributed by atoms with Gasteiger partial charge in [0.2, 0.25) is 5.91 Å². The summed E-state index contributed by atoms with van der Waals surface area (Å²) >= 11 is 1.21. The fourth-order valence-corrected chi connectivity index (χ4v) is 3.77. The zero-order chi connectivity index (χ0) is 20.9. The van der Waals surface area contributed by atoms with Crippen LogP contribution >= 0.6 is 11.8 Å². The van der Waals surface area contributed by atoms with Crippen LogP contribution in [0.5, 0.6) is 11.5 Å². The van der Waals surface area contributed by atoms with Crippen molar-refractivity contribution in [2.75, 3.05) is 19.0 Å². The first-order valence-corrected chi connectivity index (χ1v) is 10.9. The Bertz CT molecular complexity index is 987. The predicted octanol–water partition coefficient (Wildman–Crippen LogP) is 3.83. The van der Waals surface area contributed by atoms with Gasteiger partial charge in [-0.2, -0.15) is 0 Å². The van der Waals surface area contributed by atoms with Gasteiger partial charge in [-0.1, -0.05) is 31.7 Å². The summed E-state index contributed by atoms with van der Waals surface area (Å²) < 4.78 is 17.1. The third-order valence-corrected chi connectivity index (χ3v) is 5.49. The van der Waals surface area contributed by atoms with E-state index in [2.05, 4.69) is 34.3 Å². The minimum atomic E-state index is -0.146. The molecular formula is C21H24N4O4S. The lowest BCUT2D eigenvalue weighted by Gasteiger charge is -2.23. The standard InChI is InChI=1S/C21H24N4O4S/c1-13(2)19(14-6-7-16-17(11-14)28-10-4-9-27-16)23-18(26)12-30-21-25-24-20(29-21)15-5-3-8-22-15/h3,5-8,11,13,19,22H,4,9-10,12H2,1-2H3,(H,23,26). The molecule has 0 radical (unpaired) electrons. The third kappa shape index (κ3) is 4.79. The number of H-pyrrole nitrogens is 1. The van der Waals surface area contributed by atoms with E-state index in [1.54, 1.807) is 6.20 Å². The number of rotatable bonds is 7. The van der Waals surface area contributed by atoms with Crippen molar-refractivity contribution in [2.45, 2.75) is 31.5 Å². The topological polar surface area (TPSA) is 102 Å². The van der Waals surface area contributed by atoms with Crippen LogP contribution in [-0.2, 0) is 4.79 Å². The van der Waals surface area contributed by atoms with Crippen LogP contribution in [0.15, 0.2) is 46.2 Å². The molecule has 0 spiro atoms. The van der Waals surface area contributed by atoms with Gasteiger partial charge < -0.3 is 24.2 Å². The van der Waals surface area contributed by atoms with Crippen molar-refractivity contribution >= 4 is 17.7 Å². The third-order valence-electron chi connectivity index (χ3n) is 4.68. The molecule has 0 saturated heterocycles. The number of hydrogen-bond acceptors (Lipinski definition) is 7. The van der Waals surface area contributed by atoms with Crippen LogP contribution < -0.4 is 14.8 Å². The summed E-state index contributed by atoms with van der Waals surface area (Å²) in [4.78, 5) is 15.6. The number of amides is 1. The lowest BCUT2D eigenvalue weighted by atomic mass is 9.95. The number of thioether (sulfide) groups is 1. The van der Waals surface area contributed by atoms with Gasteiger partial charge in [-0.3, -0.25) is 4.79 Å². The molecule has 4 rings (SSSR count). The van der Waals surface area contributed by atoms with E-state index in [-0.39, 0.29) is 23.6 Å². The van der Waals surface area contributed by atoms with Crippen molar-refractivity contribution in [1.82, 2.24) is 20.5 Å². The Morgan fingerprint density at radius 1 is 1.20 bits per heavy atom. The smallest absolute Gasteiger partial charge is 0.277 e. The van der Waals surface area contributed by atoms with E-state index in [1.165, 1.54) is 11.8 Å². The molecule has 2 N–H and O–H groups in total. The number of carbonyl (C=O) groups excluding carboxylic acids is 1. The average molecular weight is 429 g/mol. The van der Waals surface area contributed by atoms with Crippen LogP contribution in [-0.4, -0.2) is 40.1 Å². The van der Waals surface area contributed by atoms with E-state index < -0.39 is 0 Å². The number of nitrogens with one attached hydrogen (secondary N) is 2. The molecule has 0 aliphatic carbocycles. The van der Waals surface area contributed by atoms with Gasteiger partial charge in [0.25, 0.3) is 11.1 Å². The Hall–Kier alpha value is -2.94. The van der Waals surface area contributed by atoms with Crippen molar-refractivity contribution in [2.24, 2.45) is 5.92 Å². The maximum absolute atomic E-state index is 12.6.